The second-order valence-corrected chi connectivity index (χ2v) is 7.58. The van der Waals surface area contributed by atoms with Gasteiger partial charge in [0.05, 0.1) is 5.56 Å². The normalized spacial score (nSPS) is 12.5. The molecular formula is C22H20N2O3S. The van der Waals surface area contributed by atoms with Gasteiger partial charge in [-0.3, -0.25) is 4.79 Å². The number of aromatic nitrogens is 1. The van der Waals surface area contributed by atoms with Crippen LogP contribution in [0.25, 0.3) is 0 Å². The van der Waals surface area contributed by atoms with Gasteiger partial charge >= 0.3 is 0 Å². The molecule has 4 rings (SSSR count). The van der Waals surface area contributed by atoms with Gasteiger partial charge in [-0.25, -0.2) is 4.98 Å². The Morgan fingerprint density at radius 2 is 1.82 bits per heavy atom. The Balaban J connectivity index is 1.55. The van der Waals surface area contributed by atoms with Gasteiger partial charge in [0, 0.05) is 22.8 Å². The summed E-state index contributed by atoms with van der Waals surface area (Å²) >= 11 is 1.48. The zero-order chi connectivity index (χ0) is 19.5. The molecule has 0 saturated heterocycles. The molecule has 2 aromatic carbocycles. The predicted molar refractivity (Wildman–Crippen MR) is 110 cm³/mol. The van der Waals surface area contributed by atoms with Gasteiger partial charge in [-0.1, -0.05) is 17.8 Å². The first-order chi connectivity index (χ1) is 13.6. The predicted octanol–water partition coefficient (Wildman–Crippen LogP) is 4.87. The van der Waals surface area contributed by atoms with Gasteiger partial charge in [-0.05, 0) is 61.4 Å². The summed E-state index contributed by atoms with van der Waals surface area (Å²) in [7, 11) is 0. The van der Waals surface area contributed by atoms with Crippen molar-refractivity contribution in [2.45, 2.75) is 23.8 Å². The molecule has 0 saturated carbocycles. The van der Waals surface area contributed by atoms with Crippen molar-refractivity contribution in [1.29, 1.82) is 0 Å². The zero-order valence-electron chi connectivity index (χ0n) is 15.7. The van der Waals surface area contributed by atoms with Crippen LogP contribution in [-0.2, 0) is 0 Å². The van der Waals surface area contributed by atoms with E-state index in [9.17, 15) is 4.79 Å². The number of carbonyl (C=O) groups is 1. The topological polar surface area (TPSA) is 60.5 Å². The molecule has 6 heteroatoms. The molecule has 1 aromatic heterocycles. The molecule has 142 valence electrons. The van der Waals surface area contributed by atoms with Crippen LogP contribution in [0.2, 0.25) is 0 Å². The number of nitrogens with zero attached hydrogens (tertiary/aromatic N) is 1. The average Bonchev–Trinajstić information content (AvgIpc) is 2.71. The number of fused-ring (bicyclic) bond motifs is 1. The Morgan fingerprint density at radius 3 is 2.64 bits per heavy atom. The smallest absolute Gasteiger partial charge is 0.258 e. The average molecular weight is 392 g/mol. The van der Waals surface area contributed by atoms with Gasteiger partial charge in [0.2, 0.25) is 0 Å². The number of amides is 1. The van der Waals surface area contributed by atoms with Crippen molar-refractivity contribution in [3.8, 4) is 11.5 Å². The molecule has 3 aromatic rings. The fourth-order valence-corrected chi connectivity index (χ4v) is 3.83. The molecule has 0 atom stereocenters. The molecule has 5 nitrogen and oxygen atoms in total. The highest BCUT2D eigenvalue weighted by Crippen LogP contribution is 2.34. The van der Waals surface area contributed by atoms with E-state index in [1.165, 1.54) is 22.9 Å². The van der Waals surface area contributed by atoms with Gasteiger partial charge in [0.1, 0.15) is 18.2 Å². The van der Waals surface area contributed by atoms with Crippen LogP contribution in [0.5, 0.6) is 11.5 Å². The lowest BCUT2D eigenvalue weighted by Crippen LogP contribution is -2.17. The Kier molecular flexibility index (Phi) is 5.21. The summed E-state index contributed by atoms with van der Waals surface area (Å²) < 4.78 is 11.1. The number of rotatable bonds is 4. The van der Waals surface area contributed by atoms with Crippen LogP contribution in [0, 0.1) is 13.8 Å². The first kappa shape index (κ1) is 18.4. The molecule has 0 spiro atoms. The van der Waals surface area contributed by atoms with E-state index in [-0.39, 0.29) is 5.91 Å². The van der Waals surface area contributed by atoms with Crippen LogP contribution in [0.4, 0.5) is 5.69 Å². The van der Waals surface area contributed by atoms with E-state index in [0.29, 0.717) is 41.0 Å². The maximum atomic E-state index is 12.9. The number of pyridine rings is 1. The van der Waals surface area contributed by atoms with Crippen LogP contribution in [0.15, 0.2) is 64.6 Å². The molecule has 0 aliphatic carbocycles. The highest BCUT2D eigenvalue weighted by molar-refractivity contribution is 7.99. The fourth-order valence-electron chi connectivity index (χ4n) is 2.85. The van der Waals surface area contributed by atoms with Crippen molar-refractivity contribution in [2.24, 2.45) is 0 Å². The summed E-state index contributed by atoms with van der Waals surface area (Å²) in [5, 5.41) is 3.59. The molecular weight excluding hydrogens is 372 g/mol. The van der Waals surface area contributed by atoms with Crippen molar-refractivity contribution in [3.63, 3.8) is 0 Å². The summed E-state index contributed by atoms with van der Waals surface area (Å²) in [6.45, 7) is 5.20. The minimum absolute atomic E-state index is 0.212. The van der Waals surface area contributed by atoms with E-state index in [4.69, 9.17) is 9.47 Å². The van der Waals surface area contributed by atoms with E-state index in [0.717, 1.165) is 4.90 Å². The first-order valence-corrected chi connectivity index (χ1v) is 9.83. The summed E-state index contributed by atoms with van der Waals surface area (Å²) in [5.41, 5.74) is 3.63. The Labute approximate surface area is 168 Å². The molecule has 1 aliphatic rings. The lowest BCUT2D eigenvalue weighted by molar-refractivity contribution is 0.102. The van der Waals surface area contributed by atoms with Gasteiger partial charge in [-0.15, -0.1) is 0 Å². The molecule has 0 radical (unpaired) electrons. The van der Waals surface area contributed by atoms with E-state index in [2.05, 4.69) is 36.3 Å². The molecule has 1 N–H and O–H groups in total. The summed E-state index contributed by atoms with van der Waals surface area (Å²) in [5.74, 6) is 1.12. The number of benzene rings is 2. The highest BCUT2D eigenvalue weighted by atomic mass is 32.2. The number of hydrogen-bond acceptors (Lipinski definition) is 5. The zero-order valence-corrected chi connectivity index (χ0v) is 16.5. The van der Waals surface area contributed by atoms with Gasteiger partial charge in [0.15, 0.2) is 11.5 Å². The molecule has 1 amide bonds. The van der Waals surface area contributed by atoms with E-state index in [1.54, 1.807) is 36.5 Å². The van der Waals surface area contributed by atoms with Gasteiger partial charge in [0.25, 0.3) is 5.91 Å². The Morgan fingerprint density at radius 1 is 1.00 bits per heavy atom. The molecule has 0 unspecified atom stereocenters. The highest BCUT2D eigenvalue weighted by Gasteiger charge is 2.16. The number of anilines is 1. The third-order valence-corrected chi connectivity index (χ3v) is 5.52. The lowest BCUT2D eigenvalue weighted by atomic mass is 10.1. The lowest BCUT2D eigenvalue weighted by Gasteiger charge is -2.19. The number of hydrogen-bond donors (Lipinski definition) is 1. The minimum atomic E-state index is -0.212. The number of nitrogens with one attached hydrogen (secondary N) is 1. The molecule has 28 heavy (non-hydrogen) atoms. The summed E-state index contributed by atoms with van der Waals surface area (Å²) in [4.78, 5) is 18.3. The van der Waals surface area contributed by atoms with Crippen molar-refractivity contribution >= 4 is 23.4 Å². The van der Waals surface area contributed by atoms with Crippen LogP contribution in [0.1, 0.15) is 21.5 Å². The Bertz CT molecular complexity index is 1040. The monoisotopic (exact) mass is 392 g/mol. The van der Waals surface area contributed by atoms with E-state index < -0.39 is 0 Å². The number of carbonyl (C=O) groups excluding carboxylic acids is 1. The third kappa shape index (κ3) is 3.97. The fraction of sp³-hybridized carbons (Fsp3) is 0.182. The van der Waals surface area contributed by atoms with Crippen molar-refractivity contribution in [3.05, 3.63) is 71.4 Å². The van der Waals surface area contributed by atoms with E-state index in [1.807, 2.05) is 6.07 Å². The largest absolute Gasteiger partial charge is 0.486 e. The minimum Gasteiger partial charge on any atom is -0.486 e. The first-order valence-electron chi connectivity index (χ1n) is 9.01. The van der Waals surface area contributed by atoms with E-state index >= 15 is 0 Å². The standard InChI is InChI=1S/C22H20N2O3S/c1-14-5-7-17(12-15(14)2)28-22-18(4-3-9-23-22)21(25)24-16-6-8-19-20(13-16)27-11-10-26-19/h3-9,12-13H,10-11H2,1-2H3,(H,24,25). The Hall–Kier alpha value is -2.99. The van der Waals surface area contributed by atoms with Crippen molar-refractivity contribution in [2.75, 3.05) is 18.5 Å². The van der Waals surface area contributed by atoms with Crippen LogP contribution < -0.4 is 14.8 Å². The second-order valence-electron chi connectivity index (χ2n) is 6.52. The maximum Gasteiger partial charge on any atom is 0.258 e. The van der Waals surface area contributed by atoms with Crippen LogP contribution >= 0.6 is 11.8 Å². The molecule has 0 bridgehead atoms. The molecule has 1 aliphatic heterocycles. The molecule has 2 heterocycles. The summed E-state index contributed by atoms with van der Waals surface area (Å²) in [6.07, 6.45) is 1.70. The van der Waals surface area contributed by atoms with Crippen molar-refractivity contribution < 1.29 is 14.3 Å². The number of aryl methyl sites for hydroxylation is 2. The van der Waals surface area contributed by atoms with Gasteiger partial charge < -0.3 is 14.8 Å². The summed E-state index contributed by atoms with van der Waals surface area (Å²) in [6, 6.07) is 15.2. The number of ether oxygens (including phenoxy) is 2. The molecule has 0 fully saturated rings. The van der Waals surface area contributed by atoms with Crippen LogP contribution in [-0.4, -0.2) is 24.1 Å². The SMILES string of the molecule is Cc1ccc(Sc2ncccc2C(=O)Nc2ccc3c(c2)OCCO3)cc1C. The van der Waals surface area contributed by atoms with Crippen molar-refractivity contribution in [1.82, 2.24) is 4.98 Å². The maximum absolute atomic E-state index is 12.9. The van der Waals surface area contributed by atoms with Gasteiger partial charge in [-0.2, -0.15) is 0 Å². The van der Waals surface area contributed by atoms with Crippen LogP contribution in [0.3, 0.4) is 0 Å². The second kappa shape index (κ2) is 7.94. The third-order valence-electron chi connectivity index (χ3n) is 4.51. The quantitative estimate of drug-likeness (QED) is 0.686.